The second-order valence-corrected chi connectivity index (χ2v) is 6.86. The number of amides is 1. The van der Waals surface area contributed by atoms with Gasteiger partial charge in [-0.1, -0.05) is 19.3 Å². The van der Waals surface area contributed by atoms with Crippen molar-refractivity contribution in [2.75, 3.05) is 37.0 Å². The van der Waals surface area contributed by atoms with E-state index >= 15 is 0 Å². The number of anilines is 2. The number of fused-ring (bicyclic) bond motifs is 1. The number of nitrogens with zero attached hydrogens (tertiary/aromatic N) is 1. The Kier molecular flexibility index (Phi) is 6.92. The molecule has 1 fully saturated rings. The third-order valence-electron chi connectivity index (χ3n) is 4.90. The maximum Gasteiger partial charge on any atom is 0.411 e. The van der Waals surface area contributed by atoms with Crippen molar-refractivity contribution in [2.24, 2.45) is 0 Å². The van der Waals surface area contributed by atoms with E-state index in [4.69, 9.17) is 14.5 Å². The monoisotopic (exact) mass is 374 g/mol. The lowest BCUT2D eigenvalue weighted by atomic mass is 9.89. The number of nitrogens with one attached hydrogen (secondary N) is 3. The van der Waals surface area contributed by atoms with Crippen LogP contribution in [0.1, 0.15) is 57.7 Å². The number of imidazole rings is 1. The van der Waals surface area contributed by atoms with Crippen LogP contribution in [0.15, 0.2) is 12.1 Å². The average molecular weight is 374 g/mol. The number of hydrogen-bond acceptors (Lipinski definition) is 5. The van der Waals surface area contributed by atoms with E-state index in [1.165, 1.54) is 32.1 Å². The molecule has 0 atom stereocenters. The normalized spacial score (nSPS) is 15.0. The lowest BCUT2D eigenvalue weighted by molar-refractivity contribution is 0.0850. The molecule has 0 saturated heterocycles. The Morgan fingerprint density at radius 3 is 2.74 bits per heavy atom. The molecule has 1 aromatic heterocycles. The highest BCUT2D eigenvalue weighted by Crippen LogP contribution is 2.34. The highest BCUT2D eigenvalue weighted by molar-refractivity contribution is 5.95. The lowest BCUT2D eigenvalue weighted by Crippen LogP contribution is -2.17. The van der Waals surface area contributed by atoms with Gasteiger partial charge in [-0.05, 0) is 38.8 Å². The van der Waals surface area contributed by atoms with Crippen molar-refractivity contribution in [3.63, 3.8) is 0 Å². The molecule has 1 aromatic carbocycles. The minimum Gasteiger partial charge on any atom is -0.447 e. The van der Waals surface area contributed by atoms with Crippen LogP contribution in [0.2, 0.25) is 0 Å². The Bertz CT molecular complexity index is 753. The zero-order valence-corrected chi connectivity index (χ0v) is 16.3. The van der Waals surface area contributed by atoms with Gasteiger partial charge < -0.3 is 19.8 Å². The van der Waals surface area contributed by atoms with Crippen molar-refractivity contribution < 1.29 is 14.3 Å². The van der Waals surface area contributed by atoms with Crippen LogP contribution in [-0.2, 0) is 9.47 Å². The maximum atomic E-state index is 12.1. The highest BCUT2D eigenvalue weighted by Gasteiger charge is 2.20. The van der Waals surface area contributed by atoms with Gasteiger partial charge in [-0.3, -0.25) is 5.32 Å². The third kappa shape index (κ3) is 5.13. The second-order valence-electron chi connectivity index (χ2n) is 6.86. The zero-order valence-electron chi connectivity index (χ0n) is 16.3. The SMILES string of the molecule is CCNc1cc2nc(C3CCCCC3)[nH]c2cc1NC(=O)OCCOCC. The number of ether oxygens (including phenoxy) is 2. The molecule has 1 aliphatic carbocycles. The van der Waals surface area contributed by atoms with Gasteiger partial charge in [0.2, 0.25) is 0 Å². The number of rotatable bonds is 8. The molecule has 1 heterocycles. The van der Waals surface area contributed by atoms with E-state index in [0.29, 0.717) is 24.8 Å². The molecule has 2 aromatic rings. The minimum absolute atomic E-state index is 0.230. The predicted molar refractivity (Wildman–Crippen MR) is 108 cm³/mol. The minimum atomic E-state index is -0.486. The first-order valence-electron chi connectivity index (χ1n) is 10.00. The molecular formula is C20H30N4O3. The van der Waals surface area contributed by atoms with Gasteiger partial charge in [-0.2, -0.15) is 0 Å². The van der Waals surface area contributed by atoms with Gasteiger partial charge in [0.05, 0.1) is 29.0 Å². The van der Waals surface area contributed by atoms with Crippen LogP contribution in [0.4, 0.5) is 16.2 Å². The van der Waals surface area contributed by atoms with Crippen molar-refractivity contribution in [3.05, 3.63) is 18.0 Å². The summed E-state index contributed by atoms with van der Waals surface area (Å²) >= 11 is 0. The summed E-state index contributed by atoms with van der Waals surface area (Å²) < 4.78 is 10.3. The Morgan fingerprint density at radius 1 is 1.19 bits per heavy atom. The molecule has 0 bridgehead atoms. The molecule has 7 heteroatoms. The Labute approximate surface area is 160 Å². The van der Waals surface area contributed by atoms with E-state index in [1.54, 1.807) is 0 Å². The summed E-state index contributed by atoms with van der Waals surface area (Å²) in [5.74, 6) is 1.57. The predicted octanol–water partition coefficient (Wildman–Crippen LogP) is 4.63. The van der Waals surface area contributed by atoms with Crippen LogP contribution in [0.5, 0.6) is 0 Å². The molecule has 0 aliphatic heterocycles. The second kappa shape index (κ2) is 9.60. The van der Waals surface area contributed by atoms with Crippen molar-refractivity contribution >= 4 is 28.5 Å². The van der Waals surface area contributed by atoms with Gasteiger partial charge in [0.15, 0.2) is 0 Å². The Hall–Kier alpha value is -2.28. The first-order valence-corrected chi connectivity index (χ1v) is 10.00. The van der Waals surface area contributed by atoms with Crippen LogP contribution in [-0.4, -0.2) is 42.4 Å². The molecule has 1 aliphatic rings. The maximum absolute atomic E-state index is 12.1. The summed E-state index contributed by atoms with van der Waals surface area (Å²) in [6.07, 6.45) is 5.75. The number of carbonyl (C=O) groups excluding carboxylic acids is 1. The molecule has 0 spiro atoms. The summed E-state index contributed by atoms with van der Waals surface area (Å²) in [5.41, 5.74) is 3.38. The largest absolute Gasteiger partial charge is 0.447 e. The smallest absolute Gasteiger partial charge is 0.411 e. The van der Waals surface area contributed by atoms with Gasteiger partial charge in [-0.15, -0.1) is 0 Å². The van der Waals surface area contributed by atoms with Gasteiger partial charge in [0.1, 0.15) is 12.4 Å². The molecule has 3 N–H and O–H groups in total. The molecule has 1 saturated carbocycles. The van der Waals surface area contributed by atoms with Crippen molar-refractivity contribution in [3.8, 4) is 0 Å². The van der Waals surface area contributed by atoms with Gasteiger partial charge in [0.25, 0.3) is 0 Å². The van der Waals surface area contributed by atoms with E-state index in [2.05, 4.69) is 15.6 Å². The fourth-order valence-corrected chi connectivity index (χ4v) is 3.57. The summed E-state index contributed by atoms with van der Waals surface area (Å²) in [4.78, 5) is 20.3. The zero-order chi connectivity index (χ0) is 19.1. The topological polar surface area (TPSA) is 88.3 Å². The van der Waals surface area contributed by atoms with Crippen molar-refractivity contribution in [1.29, 1.82) is 0 Å². The van der Waals surface area contributed by atoms with Crippen molar-refractivity contribution in [2.45, 2.75) is 51.9 Å². The number of carbonyl (C=O) groups is 1. The summed E-state index contributed by atoms with van der Waals surface area (Å²) in [6, 6.07) is 3.91. The Morgan fingerprint density at radius 2 is 2.00 bits per heavy atom. The van der Waals surface area contributed by atoms with Crippen LogP contribution in [0.25, 0.3) is 11.0 Å². The Balaban J connectivity index is 1.76. The average Bonchev–Trinajstić information content (AvgIpc) is 3.09. The standard InChI is InChI=1S/C20H30N4O3/c1-3-21-15-12-17-18(23-19(22-17)14-8-6-5-7-9-14)13-16(15)24-20(25)27-11-10-26-4-2/h12-14,21H,3-11H2,1-2H3,(H,22,23)(H,24,25). The van der Waals surface area contributed by atoms with Crippen LogP contribution in [0, 0.1) is 0 Å². The highest BCUT2D eigenvalue weighted by atomic mass is 16.6. The quantitative estimate of drug-likeness (QED) is 0.586. The van der Waals surface area contributed by atoms with Gasteiger partial charge in [-0.25, -0.2) is 9.78 Å². The van der Waals surface area contributed by atoms with Crippen LogP contribution in [0.3, 0.4) is 0 Å². The van der Waals surface area contributed by atoms with Crippen LogP contribution >= 0.6 is 0 Å². The fraction of sp³-hybridized carbons (Fsp3) is 0.600. The van der Waals surface area contributed by atoms with E-state index in [-0.39, 0.29) is 6.61 Å². The molecular weight excluding hydrogens is 344 g/mol. The molecule has 3 rings (SSSR count). The summed E-state index contributed by atoms with van der Waals surface area (Å²) in [7, 11) is 0. The number of aromatic nitrogens is 2. The number of H-pyrrole nitrogens is 1. The van der Waals surface area contributed by atoms with E-state index in [1.807, 2.05) is 26.0 Å². The van der Waals surface area contributed by atoms with Crippen LogP contribution < -0.4 is 10.6 Å². The molecule has 7 nitrogen and oxygen atoms in total. The molecule has 0 radical (unpaired) electrons. The number of benzene rings is 1. The number of aromatic amines is 1. The van der Waals surface area contributed by atoms with E-state index in [0.717, 1.165) is 29.1 Å². The van der Waals surface area contributed by atoms with E-state index < -0.39 is 6.09 Å². The van der Waals surface area contributed by atoms with Gasteiger partial charge in [0, 0.05) is 19.1 Å². The first kappa shape index (κ1) is 19.5. The van der Waals surface area contributed by atoms with E-state index in [9.17, 15) is 4.79 Å². The lowest BCUT2D eigenvalue weighted by Gasteiger charge is -2.18. The molecule has 27 heavy (non-hydrogen) atoms. The summed E-state index contributed by atoms with van der Waals surface area (Å²) in [6.45, 7) is 5.91. The fourth-order valence-electron chi connectivity index (χ4n) is 3.57. The molecule has 0 unspecified atom stereocenters. The first-order chi connectivity index (χ1) is 13.2. The third-order valence-corrected chi connectivity index (χ3v) is 4.90. The molecule has 1 amide bonds. The number of hydrogen-bond donors (Lipinski definition) is 3. The molecule has 148 valence electrons. The van der Waals surface area contributed by atoms with Gasteiger partial charge >= 0.3 is 6.09 Å². The summed E-state index contributed by atoms with van der Waals surface area (Å²) in [5, 5.41) is 6.12. The van der Waals surface area contributed by atoms with Crippen molar-refractivity contribution in [1.82, 2.24) is 9.97 Å².